The molecule has 132 valence electrons. The monoisotopic (exact) mass is 341 g/mol. The Morgan fingerprint density at radius 2 is 2.40 bits per heavy atom. The van der Waals surface area contributed by atoms with Gasteiger partial charge in [0.1, 0.15) is 5.82 Å². The van der Waals surface area contributed by atoms with Gasteiger partial charge < -0.3 is 14.7 Å². The minimum absolute atomic E-state index is 0.136. The van der Waals surface area contributed by atoms with Crippen LogP contribution in [0.1, 0.15) is 34.9 Å². The maximum absolute atomic E-state index is 11.9. The average Bonchev–Trinajstić information content (AvgIpc) is 3.05. The summed E-state index contributed by atoms with van der Waals surface area (Å²) in [6.45, 7) is 7.72. The van der Waals surface area contributed by atoms with Crippen LogP contribution < -0.4 is 10.2 Å². The standard InChI is InChI=1S/C18H23N5O2/c1-3-8-19-18(24)15-6-7-17(20-11-15)23-9-4-5-14(12-23)10-16-21-13(2)25-22-16/h3,6-7,11,14H,1,4-5,8-10,12H2,2H3,(H,19,24)/t14-/m0/s1. The number of aromatic nitrogens is 3. The lowest BCUT2D eigenvalue weighted by Gasteiger charge is -2.33. The van der Waals surface area contributed by atoms with E-state index in [0.29, 0.717) is 23.9 Å². The van der Waals surface area contributed by atoms with Crippen LogP contribution in [0.3, 0.4) is 0 Å². The van der Waals surface area contributed by atoms with Crippen molar-refractivity contribution in [2.75, 3.05) is 24.5 Å². The Hall–Kier alpha value is -2.70. The zero-order valence-corrected chi connectivity index (χ0v) is 14.4. The molecule has 0 bridgehead atoms. The predicted molar refractivity (Wildman–Crippen MR) is 94.4 cm³/mol. The third-order valence-corrected chi connectivity index (χ3v) is 4.30. The van der Waals surface area contributed by atoms with Crippen molar-refractivity contribution in [3.05, 3.63) is 48.3 Å². The molecular weight excluding hydrogens is 318 g/mol. The van der Waals surface area contributed by atoms with Gasteiger partial charge in [0, 0.05) is 39.2 Å². The summed E-state index contributed by atoms with van der Waals surface area (Å²) in [5.41, 5.74) is 0.557. The molecular formula is C18H23N5O2. The fourth-order valence-corrected chi connectivity index (χ4v) is 3.10. The van der Waals surface area contributed by atoms with Gasteiger partial charge in [0.2, 0.25) is 5.89 Å². The van der Waals surface area contributed by atoms with Crippen LogP contribution in [-0.4, -0.2) is 40.7 Å². The second-order valence-electron chi connectivity index (χ2n) is 6.29. The first-order valence-electron chi connectivity index (χ1n) is 8.55. The Morgan fingerprint density at radius 3 is 3.08 bits per heavy atom. The number of nitrogens with one attached hydrogen (secondary N) is 1. The molecule has 0 aromatic carbocycles. The predicted octanol–water partition coefficient (Wildman–Crippen LogP) is 2.15. The van der Waals surface area contributed by atoms with Crippen molar-refractivity contribution in [2.45, 2.75) is 26.2 Å². The van der Waals surface area contributed by atoms with E-state index >= 15 is 0 Å². The number of piperidine rings is 1. The van der Waals surface area contributed by atoms with Crippen molar-refractivity contribution in [2.24, 2.45) is 5.92 Å². The molecule has 1 N–H and O–H groups in total. The molecule has 0 aliphatic carbocycles. The molecule has 1 saturated heterocycles. The van der Waals surface area contributed by atoms with Crippen molar-refractivity contribution < 1.29 is 9.32 Å². The fourth-order valence-electron chi connectivity index (χ4n) is 3.10. The first kappa shape index (κ1) is 17.1. The summed E-state index contributed by atoms with van der Waals surface area (Å²) in [6, 6.07) is 3.72. The molecule has 0 radical (unpaired) electrons. The lowest BCUT2D eigenvalue weighted by atomic mass is 9.94. The molecule has 25 heavy (non-hydrogen) atoms. The van der Waals surface area contributed by atoms with Gasteiger partial charge in [-0.15, -0.1) is 6.58 Å². The molecule has 0 unspecified atom stereocenters. The number of aryl methyl sites for hydroxylation is 1. The molecule has 0 spiro atoms. The van der Waals surface area contributed by atoms with Gasteiger partial charge in [-0.25, -0.2) is 4.98 Å². The maximum atomic E-state index is 11.9. The summed E-state index contributed by atoms with van der Waals surface area (Å²) in [5.74, 6) is 2.61. The lowest BCUT2D eigenvalue weighted by molar-refractivity contribution is 0.0957. The largest absolute Gasteiger partial charge is 0.356 e. The van der Waals surface area contributed by atoms with Gasteiger partial charge in [0.25, 0.3) is 5.91 Å². The molecule has 1 atom stereocenters. The van der Waals surface area contributed by atoms with E-state index in [4.69, 9.17) is 4.52 Å². The van der Waals surface area contributed by atoms with Crippen molar-refractivity contribution in [1.29, 1.82) is 0 Å². The molecule has 1 fully saturated rings. The van der Waals surface area contributed by atoms with Crippen molar-refractivity contribution >= 4 is 11.7 Å². The molecule has 1 amide bonds. The number of carbonyl (C=O) groups excluding carboxylic acids is 1. The van der Waals surface area contributed by atoms with Gasteiger partial charge in [-0.2, -0.15) is 4.98 Å². The number of hydrogen-bond donors (Lipinski definition) is 1. The smallest absolute Gasteiger partial charge is 0.253 e. The molecule has 7 nitrogen and oxygen atoms in total. The average molecular weight is 341 g/mol. The highest BCUT2D eigenvalue weighted by Gasteiger charge is 2.23. The summed E-state index contributed by atoms with van der Waals surface area (Å²) in [6.07, 6.45) is 6.34. The van der Waals surface area contributed by atoms with Gasteiger partial charge in [0.15, 0.2) is 5.82 Å². The molecule has 0 saturated carbocycles. The SMILES string of the molecule is C=CCNC(=O)c1ccc(N2CCC[C@@H](Cc3noc(C)n3)C2)nc1. The molecule has 7 heteroatoms. The van der Waals surface area contributed by atoms with E-state index in [1.807, 2.05) is 12.1 Å². The van der Waals surface area contributed by atoms with Crippen LogP contribution in [0.2, 0.25) is 0 Å². The summed E-state index contributed by atoms with van der Waals surface area (Å²) in [4.78, 5) is 22.9. The summed E-state index contributed by atoms with van der Waals surface area (Å²) >= 11 is 0. The minimum atomic E-state index is -0.136. The zero-order valence-electron chi connectivity index (χ0n) is 14.4. The van der Waals surface area contributed by atoms with Crippen molar-refractivity contribution in [3.63, 3.8) is 0 Å². The molecule has 2 aromatic heterocycles. The van der Waals surface area contributed by atoms with Crippen LogP contribution in [-0.2, 0) is 6.42 Å². The summed E-state index contributed by atoms with van der Waals surface area (Å²) < 4.78 is 5.05. The lowest BCUT2D eigenvalue weighted by Crippen LogP contribution is -2.37. The van der Waals surface area contributed by atoms with E-state index in [1.165, 1.54) is 0 Å². The second kappa shape index (κ2) is 7.92. The third kappa shape index (κ3) is 4.43. The zero-order chi connectivity index (χ0) is 17.6. The van der Waals surface area contributed by atoms with E-state index in [-0.39, 0.29) is 5.91 Å². The number of anilines is 1. The van der Waals surface area contributed by atoms with E-state index in [2.05, 4.69) is 31.9 Å². The Kier molecular flexibility index (Phi) is 5.42. The maximum Gasteiger partial charge on any atom is 0.253 e. The van der Waals surface area contributed by atoms with Gasteiger partial charge in [0.05, 0.1) is 5.56 Å². The quantitative estimate of drug-likeness (QED) is 0.811. The molecule has 1 aliphatic heterocycles. The Bertz CT molecular complexity index is 725. The highest BCUT2D eigenvalue weighted by Crippen LogP contribution is 2.23. The van der Waals surface area contributed by atoms with Crippen molar-refractivity contribution in [3.8, 4) is 0 Å². The molecule has 3 heterocycles. The number of rotatable bonds is 6. The van der Waals surface area contributed by atoms with Crippen LogP contribution >= 0.6 is 0 Å². The topological polar surface area (TPSA) is 84.2 Å². The highest BCUT2D eigenvalue weighted by atomic mass is 16.5. The van der Waals surface area contributed by atoms with Gasteiger partial charge in [-0.3, -0.25) is 4.79 Å². The fraction of sp³-hybridized carbons (Fsp3) is 0.444. The van der Waals surface area contributed by atoms with E-state index < -0.39 is 0 Å². The van der Waals surface area contributed by atoms with E-state index in [9.17, 15) is 4.79 Å². The van der Waals surface area contributed by atoms with Gasteiger partial charge in [-0.05, 0) is 30.9 Å². The third-order valence-electron chi connectivity index (χ3n) is 4.30. The van der Waals surface area contributed by atoms with Crippen LogP contribution in [0.15, 0.2) is 35.5 Å². The van der Waals surface area contributed by atoms with Crippen LogP contribution in [0, 0.1) is 12.8 Å². The summed E-state index contributed by atoms with van der Waals surface area (Å²) in [5, 5.41) is 6.74. The van der Waals surface area contributed by atoms with Crippen LogP contribution in [0.4, 0.5) is 5.82 Å². The number of carbonyl (C=O) groups is 1. The highest BCUT2D eigenvalue weighted by molar-refractivity contribution is 5.94. The molecule has 1 aliphatic rings. The Morgan fingerprint density at radius 1 is 1.52 bits per heavy atom. The van der Waals surface area contributed by atoms with E-state index in [0.717, 1.165) is 44.0 Å². The number of pyridine rings is 1. The Labute approximate surface area is 147 Å². The first-order valence-corrected chi connectivity index (χ1v) is 8.55. The minimum Gasteiger partial charge on any atom is -0.356 e. The van der Waals surface area contributed by atoms with Gasteiger partial charge >= 0.3 is 0 Å². The normalized spacial score (nSPS) is 17.3. The van der Waals surface area contributed by atoms with Crippen LogP contribution in [0.5, 0.6) is 0 Å². The first-order chi connectivity index (χ1) is 12.2. The second-order valence-corrected chi connectivity index (χ2v) is 6.29. The Balaban J connectivity index is 1.61. The van der Waals surface area contributed by atoms with E-state index in [1.54, 1.807) is 19.2 Å². The molecule has 3 rings (SSSR count). The van der Waals surface area contributed by atoms with Crippen LogP contribution in [0.25, 0.3) is 0 Å². The molecule has 2 aromatic rings. The van der Waals surface area contributed by atoms with Crippen molar-refractivity contribution in [1.82, 2.24) is 20.4 Å². The number of nitrogens with zero attached hydrogens (tertiary/aromatic N) is 4. The number of amides is 1. The number of hydrogen-bond acceptors (Lipinski definition) is 6. The summed E-state index contributed by atoms with van der Waals surface area (Å²) in [7, 11) is 0. The van der Waals surface area contributed by atoms with Gasteiger partial charge in [-0.1, -0.05) is 11.2 Å².